The number of hydrogen-bond donors (Lipinski definition) is 2. The molecule has 1 aromatic carbocycles. The molecule has 5 nitrogen and oxygen atoms in total. The van der Waals surface area contributed by atoms with Gasteiger partial charge in [-0.15, -0.1) is 11.3 Å². The first-order chi connectivity index (χ1) is 12.2. The monoisotopic (exact) mass is 368 g/mol. The van der Waals surface area contributed by atoms with Crippen LogP contribution in [-0.4, -0.2) is 10.9 Å². The van der Waals surface area contributed by atoms with Crippen LogP contribution in [0.3, 0.4) is 0 Å². The fourth-order valence-corrected chi connectivity index (χ4v) is 3.87. The lowest BCUT2D eigenvalue weighted by atomic mass is 10.2. The average molecular weight is 368 g/mol. The number of ether oxygens (including phenoxy) is 1. The minimum atomic E-state index is -0.440. The van der Waals surface area contributed by atoms with Crippen molar-refractivity contribution in [1.29, 1.82) is 0 Å². The fraction of sp³-hybridized carbons (Fsp3) is 0. The highest BCUT2D eigenvalue weighted by Crippen LogP contribution is 2.32. The smallest absolute Gasteiger partial charge is 0.261 e. The van der Waals surface area contributed by atoms with E-state index in [0.717, 1.165) is 16.0 Å². The number of aromatic amines is 1. The topological polar surface area (TPSA) is 71.2 Å². The van der Waals surface area contributed by atoms with Gasteiger partial charge >= 0.3 is 0 Å². The van der Waals surface area contributed by atoms with Crippen molar-refractivity contribution < 1.29 is 9.53 Å². The van der Waals surface area contributed by atoms with Crippen LogP contribution in [0.2, 0.25) is 0 Å². The maximum atomic E-state index is 12.4. The second kappa shape index (κ2) is 6.54. The standard InChI is InChI=1S/C18H12N2O3S2/c21-17-12(10-14-13(19-17)8-9-24-14)18(22)20-15-6-7-16(25-15)23-11-4-2-1-3-5-11/h1-10H,(H,19,21)(H,20,22). The number of anilines is 1. The minimum Gasteiger partial charge on any atom is -0.447 e. The number of pyridine rings is 1. The number of rotatable bonds is 4. The second-order valence-electron chi connectivity index (χ2n) is 5.20. The molecule has 7 heteroatoms. The molecule has 124 valence electrons. The molecule has 4 aromatic rings. The van der Waals surface area contributed by atoms with Crippen molar-refractivity contribution in [2.45, 2.75) is 0 Å². The van der Waals surface area contributed by atoms with Crippen molar-refractivity contribution in [2.75, 3.05) is 5.32 Å². The van der Waals surface area contributed by atoms with Crippen molar-refractivity contribution >= 4 is 43.8 Å². The molecule has 0 radical (unpaired) electrons. The molecule has 25 heavy (non-hydrogen) atoms. The molecule has 0 bridgehead atoms. The predicted octanol–water partition coefficient (Wildman–Crippen LogP) is 4.70. The summed E-state index contributed by atoms with van der Waals surface area (Å²) in [6.07, 6.45) is 0. The van der Waals surface area contributed by atoms with Gasteiger partial charge in [-0.05, 0) is 41.8 Å². The number of carbonyl (C=O) groups is 1. The lowest BCUT2D eigenvalue weighted by Crippen LogP contribution is -2.22. The van der Waals surface area contributed by atoms with Crippen LogP contribution in [0.1, 0.15) is 10.4 Å². The van der Waals surface area contributed by atoms with E-state index in [2.05, 4.69) is 10.3 Å². The average Bonchev–Trinajstić information content (AvgIpc) is 3.24. The van der Waals surface area contributed by atoms with Gasteiger partial charge < -0.3 is 15.0 Å². The molecule has 1 amide bonds. The third-order valence-electron chi connectivity index (χ3n) is 3.49. The van der Waals surface area contributed by atoms with Gasteiger partial charge in [0.2, 0.25) is 0 Å². The van der Waals surface area contributed by atoms with Crippen LogP contribution in [0.4, 0.5) is 5.00 Å². The van der Waals surface area contributed by atoms with Crippen LogP contribution in [0.5, 0.6) is 10.8 Å². The number of para-hydroxylation sites is 1. The summed E-state index contributed by atoms with van der Waals surface area (Å²) in [6, 6.07) is 16.4. The van der Waals surface area contributed by atoms with Gasteiger partial charge in [0.15, 0.2) is 5.06 Å². The molecule has 4 rings (SSSR count). The molecule has 0 unspecified atom stereocenters. The maximum Gasteiger partial charge on any atom is 0.261 e. The summed E-state index contributed by atoms with van der Waals surface area (Å²) >= 11 is 2.77. The number of thiophene rings is 2. The van der Waals surface area contributed by atoms with Crippen LogP contribution in [0.25, 0.3) is 10.2 Å². The third kappa shape index (κ3) is 3.33. The van der Waals surface area contributed by atoms with Gasteiger partial charge in [-0.1, -0.05) is 29.5 Å². The number of benzene rings is 1. The van der Waals surface area contributed by atoms with Crippen LogP contribution in [0, 0.1) is 0 Å². The number of H-pyrrole nitrogens is 1. The number of amides is 1. The molecule has 3 heterocycles. The zero-order chi connectivity index (χ0) is 17.2. The fourth-order valence-electron chi connectivity index (χ4n) is 2.32. The third-order valence-corrected chi connectivity index (χ3v) is 5.23. The quantitative estimate of drug-likeness (QED) is 0.549. The Morgan fingerprint density at radius 3 is 2.76 bits per heavy atom. The van der Waals surface area contributed by atoms with Crippen LogP contribution in [-0.2, 0) is 0 Å². The molecule has 0 aliphatic carbocycles. The highest BCUT2D eigenvalue weighted by Gasteiger charge is 2.14. The van der Waals surface area contributed by atoms with E-state index in [-0.39, 0.29) is 5.56 Å². The first kappa shape index (κ1) is 15.6. The van der Waals surface area contributed by atoms with Gasteiger partial charge in [-0.2, -0.15) is 0 Å². The number of carbonyl (C=O) groups excluding carboxylic acids is 1. The van der Waals surface area contributed by atoms with Crippen molar-refractivity contribution in [3.05, 3.63) is 75.9 Å². The van der Waals surface area contributed by atoms with Gasteiger partial charge in [-0.3, -0.25) is 9.59 Å². The molecule has 0 aliphatic rings. The summed E-state index contributed by atoms with van der Waals surface area (Å²) in [7, 11) is 0. The Labute approximate surface area is 150 Å². The number of fused-ring (bicyclic) bond motifs is 1. The molecule has 3 aromatic heterocycles. The van der Waals surface area contributed by atoms with E-state index in [4.69, 9.17) is 4.74 Å². The minimum absolute atomic E-state index is 0.0916. The predicted molar refractivity (Wildman–Crippen MR) is 101 cm³/mol. The molecule has 0 spiro atoms. The Morgan fingerprint density at radius 1 is 1.08 bits per heavy atom. The second-order valence-corrected chi connectivity index (χ2v) is 7.19. The van der Waals surface area contributed by atoms with E-state index in [1.807, 2.05) is 41.8 Å². The molecular weight excluding hydrogens is 356 g/mol. The highest BCUT2D eigenvalue weighted by molar-refractivity contribution is 7.18. The molecule has 0 atom stereocenters. The van der Waals surface area contributed by atoms with E-state index >= 15 is 0 Å². The van der Waals surface area contributed by atoms with Crippen LogP contribution in [0.15, 0.2) is 64.8 Å². The number of hydrogen-bond acceptors (Lipinski definition) is 5. The van der Waals surface area contributed by atoms with Crippen molar-refractivity contribution in [3.63, 3.8) is 0 Å². The SMILES string of the molecule is O=C(Nc1ccc(Oc2ccccc2)s1)c1cc2sccc2[nH]c1=O. The van der Waals surface area contributed by atoms with Gasteiger partial charge in [0.25, 0.3) is 11.5 Å². The molecule has 0 fully saturated rings. The number of nitrogens with one attached hydrogen (secondary N) is 2. The Morgan fingerprint density at radius 2 is 1.92 bits per heavy atom. The van der Waals surface area contributed by atoms with E-state index in [1.165, 1.54) is 22.7 Å². The largest absolute Gasteiger partial charge is 0.447 e. The van der Waals surface area contributed by atoms with Gasteiger partial charge in [-0.25, -0.2) is 0 Å². The van der Waals surface area contributed by atoms with E-state index in [1.54, 1.807) is 18.2 Å². The normalized spacial score (nSPS) is 10.7. The lowest BCUT2D eigenvalue weighted by molar-refractivity contribution is 0.102. The van der Waals surface area contributed by atoms with E-state index in [9.17, 15) is 9.59 Å². The zero-order valence-electron chi connectivity index (χ0n) is 12.8. The zero-order valence-corrected chi connectivity index (χ0v) is 14.4. The van der Waals surface area contributed by atoms with Crippen molar-refractivity contribution in [1.82, 2.24) is 4.98 Å². The van der Waals surface area contributed by atoms with Gasteiger partial charge in [0.1, 0.15) is 11.3 Å². The van der Waals surface area contributed by atoms with Gasteiger partial charge in [0.05, 0.1) is 15.2 Å². The Balaban J connectivity index is 1.52. The Kier molecular flexibility index (Phi) is 4.09. The van der Waals surface area contributed by atoms with Crippen molar-refractivity contribution in [3.8, 4) is 10.8 Å². The molecule has 0 saturated heterocycles. The van der Waals surface area contributed by atoms with Crippen molar-refractivity contribution in [2.24, 2.45) is 0 Å². The summed E-state index contributed by atoms with van der Waals surface area (Å²) in [5, 5.41) is 5.89. The summed E-state index contributed by atoms with van der Waals surface area (Å²) in [5.74, 6) is 0.284. The van der Waals surface area contributed by atoms with Crippen LogP contribution >= 0.6 is 22.7 Å². The number of aromatic nitrogens is 1. The summed E-state index contributed by atoms with van der Waals surface area (Å²) < 4.78 is 6.58. The first-order valence-corrected chi connectivity index (χ1v) is 9.13. The van der Waals surface area contributed by atoms with Crippen LogP contribution < -0.4 is 15.6 Å². The lowest BCUT2D eigenvalue weighted by Gasteiger charge is -2.03. The summed E-state index contributed by atoms with van der Waals surface area (Å²) in [4.78, 5) is 27.2. The summed E-state index contributed by atoms with van der Waals surface area (Å²) in [5.41, 5.74) is 0.427. The molecule has 2 N–H and O–H groups in total. The Bertz CT molecular complexity index is 1100. The highest BCUT2D eigenvalue weighted by atomic mass is 32.1. The molecule has 0 aliphatic heterocycles. The maximum absolute atomic E-state index is 12.4. The van der Waals surface area contributed by atoms with E-state index < -0.39 is 11.5 Å². The molecule has 0 saturated carbocycles. The molecular formula is C18H12N2O3S2. The Hall–Kier alpha value is -2.90. The van der Waals surface area contributed by atoms with Gasteiger partial charge in [0, 0.05) is 0 Å². The van der Waals surface area contributed by atoms with E-state index in [0.29, 0.717) is 10.1 Å². The first-order valence-electron chi connectivity index (χ1n) is 7.44. The summed E-state index contributed by atoms with van der Waals surface area (Å²) in [6.45, 7) is 0.